The van der Waals surface area contributed by atoms with Gasteiger partial charge in [-0.2, -0.15) is 0 Å². The van der Waals surface area contributed by atoms with Gasteiger partial charge in [-0.3, -0.25) is 4.79 Å². The predicted octanol–water partition coefficient (Wildman–Crippen LogP) is 1.82. The molecule has 0 heterocycles. The van der Waals surface area contributed by atoms with Crippen LogP contribution in [0, 0.1) is 0 Å². The molecule has 0 saturated carbocycles. The van der Waals surface area contributed by atoms with E-state index in [0.717, 1.165) is 17.7 Å². The Labute approximate surface area is 101 Å². The lowest BCUT2D eigenvalue weighted by Crippen LogP contribution is -2.32. The van der Waals surface area contributed by atoms with Crippen LogP contribution in [-0.2, 0) is 11.2 Å². The van der Waals surface area contributed by atoms with Gasteiger partial charge in [-0.1, -0.05) is 19.1 Å². The first kappa shape index (κ1) is 13.5. The van der Waals surface area contributed by atoms with Crippen LogP contribution in [0.15, 0.2) is 24.3 Å². The number of hydrogen-bond donors (Lipinski definition) is 2. The molecule has 3 N–H and O–H groups in total. The molecule has 0 aliphatic rings. The van der Waals surface area contributed by atoms with Crippen LogP contribution in [0.2, 0.25) is 0 Å². The van der Waals surface area contributed by atoms with Crippen molar-refractivity contribution >= 4 is 5.97 Å². The van der Waals surface area contributed by atoms with Crippen LogP contribution in [0.5, 0.6) is 5.75 Å². The van der Waals surface area contributed by atoms with Gasteiger partial charge < -0.3 is 15.6 Å². The molecule has 0 amide bonds. The number of carboxylic acids is 1. The molecular weight excluding hydrogens is 218 g/mol. The standard InChI is InChI=1S/C13H19NO3/c1-3-9(2)17-11-6-4-10(5-7-11)8-12(14)13(15)16/h4-7,9,12H,3,8,14H2,1-2H3,(H,15,16)/t9-,12?/m0/s1. The Bertz CT molecular complexity index is 361. The summed E-state index contributed by atoms with van der Waals surface area (Å²) < 4.78 is 5.62. The third-order valence-corrected chi connectivity index (χ3v) is 2.61. The Morgan fingerprint density at radius 2 is 2.00 bits per heavy atom. The van der Waals surface area contributed by atoms with Gasteiger partial charge in [-0.05, 0) is 37.5 Å². The topological polar surface area (TPSA) is 72.5 Å². The first-order valence-electron chi connectivity index (χ1n) is 5.77. The van der Waals surface area contributed by atoms with E-state index < -0.39 is 12.0 Å². The molecule has 0 radical (unpaired) electrons. The van der Waals surface area contributed by atoms with Crippen molar-refractivity contribution in [2.75, 3.05) is 0 Å². The minimum absolute atomic E-state index is 0.183. The number of ether oxygens (including phenoxy) is 1. The van der Waals surface area contributed by atoms with Gasteiger partial charge in [0.2, 0.25) is 0 Å². The van der Waals surface area contributed by atoms with Crippen LogP contribution >= 0.6 is 0 Å². The lowest BCUT2D eigenvalue weighted by molar-refractivity contribution is -0.138. The highest BCUT2D eigenvalue weighted by Crippen LogP contribution is 2.15. The monoisotopic (exact) mass is 237 g/mol. The molecule has 17 heavy (non-hydrogen) atoms. The maximum atomic E-state index is 10.6. The molecule has 0 saturated heterocycles. The summed E-state index contributed by atoms with van der Waals surface area (Å²) >= 11 is 0. The van der Waals surface area contributed by atoms with E-state index in [1.54, 1.807) is 0 Å². The summed E-state index contributed by atoms with van der Waals surface area (Å²) in [5.41, 5.74) is 6.36. The molecule has 1 aromatic rings. The van der Waals surface area contributed by atoms with Gasteiger partial charge in [-0.25, -0.2) is 0 Å². The summed E-state index contributed by atoms with van der Waals surface area (Å²) in [7, 11) is 0. The Morgan fingerprint density at radius 3 is 2.47 bits per heavy atom. The van der Waals surface area contributed by atoms with Gasteiger partial charge in [0.25, 0.3) is 0 Å². The fourth-order valence-corrected chi connectivity index (χ4v) is 1.36. The van der Waals surface area contributed by atoms with Gasteiger partial charge in [0, 0.05) is 0 Å². The lowest BCUT2D eigenvalue weighted by atomic mass is 10.1. The van der Waals surface area contributed by atoms with E-state index in [1.165, 1.54) is 0 Å². The minimum atomic E-state index is -0.982. The summed E-state index contributed by atoms with van der Waals surface area (Å²) in [6, 6.07) is 6.53. The summed E-state index contributed by atoms with van der Waals surface area (Å²) in [6.07, 6.45) is 1.46. The van der Waals surface area contributed by atoms with Crippen LogP contribution in [0.25, 0.3) is 0 Å². The summed E-state index contributed by atoms with van der Waals surface area (Å²) in [4.78, 5) is 10.6. The zero-order valence-electron chi connectivity index (χ0n) is 10.2. The Hall–Kier alpha value is -1.55. The Balaban J connectivity index is 2.58. The maximum Gasteiger partial charge on any atom is 0.320 e. The van der Waals surface area contributed by atoms with Crippen molar-refractivity contribution in [3.63, 3.8) is 0 Å². The van der Waals surface area contributed by atoms with Gasteiger partial charge in [0.1, 0.15) is 11.8 Å². The first-order chi connectivity index (χ1) is 8.02. The third kappa shape index (κ3) is 4.44. The Kier molecular flexibility index (Phi) is 4.97. The fraction of sp³-hybridized carbons (Fsp3) is 0.462. The second-order valence-corrected chi connectivity index (χ2v) is 4.13. The number of aliphatic carboxylic acids is 1. The molecule has 1 unspecified atom stereocenters. The quantitative estimate of drug-likeness (QED) is 0.791. The van der Waals surface area contributed by atoms with Crippen molar-refractivity contribution in [1.82, 2.24) is 0 Å². The predicted molar refractivity (Wildman–Crippen MR) is 66.1 cm³/mol. The summed E-state index contributed by atoms with van der Waals surface area (Å²) in [5.74, 6) is -0.183. The molecule has 4 heteroatoms. The van der Waals surface area contributed by atoms with E-state index in [-0.39, 0.29) is 6.10 Å². The number of benzene rings is 1. The number of carbonyl (C=O) groups is 1. The van der Waals surface area contributed by atoms with E-state index in [4.69, 9.17) is 15.6 Å². The second-order valence-electron chi connectivity index (χ2n) is 4.13. The molecule has 94 valence electrons. The second kappa shape index (κ2) is 6.25. The highest BCUT2D eigenvalue weighted by atomic mass is 16.5. The number of carboxylic acid groups (broad SMARTS) is 1. The molecule has 0 spiro atoms. The van der Waals surface area contributed by atoms with E-state index in [9.17, 15) is 4.79 Å². The average Bonchev–Trinajstić information content (AvgIpc) is 2.31. The molecule has 0 aliphatic heterocycles. The number of hydrogen-bond acceptors (Lipinski definition) is 3. The molecule has 0 bridgehead atoms. The van der Waals surface area contributed by atoms with Gasteiger partial charge in [-0.15, -0.1) is 0 Å². The summed E-state index contributed by atoms with van der Waals surface area (Å²) in [5, 5.41) is 8.70. The van der Waals surface area contributed by atoms with E-state index >= 15 is 0 Å². The van der Waals surface area contributed by atoms with Crippen molar-refractivity contribution in [3.8, 4) is 5.75 Å². The molecule has 1 aromatic carbocycles. The van der Waals surface area contributed by atoms with E-state index in [2.05, 4.69) is 6.92 Å². The van der Waals surface area contributed by atoms with Crippen LogP contribution in [0.3, 0.4) is 0 Å². The molecule has 4 nitrogen and oxygen atoms in total. The summed E-state index contributed by atoms with van der Waals surface area (Å²) in [6.45, 7) is 4.07. The highest BCUT2D eigenvalue weighted by molar-refractivity contribution is 5.73. The average molecular weight is 237 g/mol. The lowest BCUT2D eigenvalue weighted by Gasteiger charge is -2.13. The van der Waals surface area contributed by atoms with Crippen molar-refractivity contribution in [2.45, 2.75) is 38.8 Å². The van der Waals surface area contributed by atoms with Crippen LogP contribution in [0.4, 0.5) is 0 Å². The molecular formula is C13H19NO3. The highest BCUT2D eigenvalue weighted by Gasteiger charge is 2.11. The fourth-order valence-electron chi connectivity index (χ4n) is 1.36. The first-order valence-corrected chi connectivity index (χ1v) is 5.77. The molecule has 0 aromatic heterocycles. The molecule has 1 rings (SSSR count). The normalized spacial score (nSPS) is 14.1. The van der Waals surface area contributed by atoms with Crippen LogP contribution < -0.4 is 10.5 Å². The van der Waals surface area contributed by atoms with Crippen LogP contribution in [0.1, 0.15) is 25.8 Å². The number of rotatable bonds is 6. The van der Waals surface area contributed by atoms with E-state index in [1.807, 2.05) is 31.2 Å². The van der Waals surface area contributed by atoms with Crippen molar-refractivity contribution < 1.29 is 14.6 Å². The van der Waals surface area contributed by atoms with Gasteiger partial charge in [0.15, 0.2) is 0 Å². The molecule has 0 aliphatic carbocycles. The molecule has 0 fully saturated rings. The van der Waals surface area contributed by atoms with Crippen molar-refractivity contribution in [2.24, 2.45) is 5.73 Å². The molecule has 2 atom stereocenters. The van der Waals surface area contributed by atoms with Gasteiger partial charge >= 0.3 is 5.97 Å². The van der Waals surface area contributed by atoms with Gasteiger partial charge in [0.05, 0.1) is 6.10 Å². The zero-order valence-corrected chi connectivity index (χ0v) is 10.2. The van der Waals surface area contributed by atoms with Crippen molar-refractivity contribution in [1.29, 1.82) is 0 Å². The zero-order chi connectivity index (χ0) is 12.8. The third-order valence-electron chi connectivity index (χ3n) is 2.61. The van der Waals surface area contributed by atoms with Crippen molar-refractivity contribution in [3.05, 3.63) is 29.8 Å². The van der Waals surface area contributed by atoms with E-state index in [0.29, 0.717) is 6.42 Å². The Morgan fingerprint density at radius 1 is 1.41 bits per heavy atom. The van der Waals surface area contributed by atoms with Crippen LogP contribution in [-0.4, -0.2) is 23.2 Å². The largest absolute Gasteiger partial charge is 0.491 e. The SMILES string of the molecule is CC[C@H](C)Oc1ccc(CC(N)C(=O)O)cc1. The minimum Gasteiger partial charge on any atom is -0.491 e. The number of nitrogens with two attached hydrogens (primary N) is 1. The maximum absolute atomic E-state index is 10.6. The smallest absolute Gasteiger partial charge is 0.320 e.